The minimum atomic E-state index is -3.83. The predicted octanol–water partition coefficient (Wildman–Crippen LogP) is 3.57. The largest absolute Gasteiger partial charge is 0.324 e. The normalized spacial score (nSPS) is 16.4. The van der Waals surface area contributed by atoms with E-state index in [1.807, 2.05) is 0 Å². The Labute approximate surface area is 141 Å². The Morgan fingerprint density at radius 1 is 1.13 bits per heavy atom. The molecule has 0 aliphatic carbocycles. The Morgan fingerprint density at radius 3 is 2.43 bits per heavy atom. The first-order valence-corrected chi connectivity index (χ1v) is 8.81. The lowest BCUT2D eigenvalue weighted by Crippen LogP contribution is -2.12. The number of nitrogens with one attached hydrogen (secondary N) is 1. The summed E-state index contributed by atoms with van der Waals surface area (Å²) in [5, 5.41) is 2.89. The smallest absolute Gasteiger partial charge is 0.285 e. The first-order chi connectivity index (χ1) is 10.9. The van der Waals surface area contributed by atoms with E-state index in [4.69, 9.17) is 0 Å². The summed E-state index contributed by atoms with van der Waals surface area (Å²) in [7, 11) is -3.83. The van der Waals surface area contributed by atoms with Crippen LogP contribution in [0.3, 0.4) is 0 Å². The second kappa shape index (κ2) is 5.86. The summed E-state index contributed by atoms with van der Waals surface area (Å²) >= 11 is 3.28. The minimum absolute atomic E-state index is 0.0668. The van der Waals surface area contributed by atoms with Crippen molar-refractivity contribution in [2.24, 2.45) is 4.40 Å². The van der Waals surface area contributed by atoms with Gasteiger partial charge in [-0.1, -0.05) is 12.1 Å². The van der Waals surface area contributed by atoms with Gasteiger partial charge in [0.2, 0.25) is 0 Å². The summed E-state index contributed by atoms with van der Waals surface area (Å²) in [5.41, 5.74) is 0.856. The lowest BCUT2D eigenvalue weighted by Gasteiger charge is -2.06. The van der Waals surface area contributed by atoms with Crippen LogP contribution in [0.1, 0.15) is 12.5 Å². The zero-order chi connectivity index (χ0) is 16.6. The maximum atomic E-state index is 13.0. The van der Waals surface area contributed by atoms with E-state index >= 15 is 0 Å². The molecule has 0 saturated heterocycles. The molecule has 8 heteroatoms. The van der Waals surface area contributed by atoms with Crippen molar-refractivity contribution in [2.45, 2.75) is 6.92 Å². The van der Waals surface area contributed by atoms with Gasteiger partial charge in [-0.25, -0.2) is 9.37 Å². The fraction of sp³-hybridized carbons (Fsp3) is 0.0667. The number of benzene rings is 1. The van der Waals surface area contributed by atoms with Crippen LogP contribution in [-0.4, -0.2) is 19.2 Å². The molecule has 0 fully saturated rings. The number of nitrogens with zero attached hydrogens (tertiary/aromatic N) is 2. The van der Waals surface area contributed by atoms with E-state index in [2.05, 4.69) is 30.6 Å². The van der Waals surface area contributed by atoms with Gasteiger partial charge in [-0.3, -0.25) is 0 Å². The van der Waals surface area contributed by atoms with Gasteiger partial charge in [0, 0.05) is 16.2 Å². The fourth-order valence-electron chi connectivity index (χ4n) is 2.19. The molecule has 2 heterocycles. The third-order valence-corrected chi connectivity index (χ3v) is 5.20. The zero-order valence-corrected chi connectivity index (χ0v) is 14.3. The highest BCUT2D eigenvalue weighted by molar-refractivity contribution is 9.10. The van der Waals surface area contributed by atoms with Gasteiger partial charge >= 0.3 is 0 Å². The van der Waals surface area contributed by atoms with Gasteiger partial charge in [-0.15, -0.1) is 4.40 Å². The molecule has 1 aromatic heterocycles. The van der Waals surface area contributed by atoms with Crippen LogP contribution in [0.15, 0.2) is 57.0 Å². The highest BCUT2D eigenvalue weighted by Gasteiger charge is 2.31. The summed E-state index contributed by atoms with van der Waals surface area (Å²) in [4.78, 5) is 4.19. The first kappa shape index (κ1) is 15.8. The van der Waals surface area contributed by atoms with Gasteiger partial charge in [-0.2, -0.15) is 8.42 Å². The maximum Gasteiger partial charge on any atom is 0.285 e. The summed E-state index contributed by atoms with van der Waals surface area (Å²) in [6.45, 7) is 1.65. The molecule has 0 amide bonds. The molecule has 0 bridgehead atoms. The molecule has 0 atom stereocenters. The van der Waals surface area contributed by atoms with Gasteiger partial charge in [0.15, 0.2) is 0 Å². The van der Waals surface area contributed by atoms with E-state index in [1.165, 1.54) is 24.3 Å². The van der Waals surface area contributed by atoms with Crippen molar-refractivity contribution in [1.29, 1.82) is 0 Å². The quantitative estimate of drug-likeness (QED) is 0.843. The van der Waals surface area contributed by atoms with Crippen molar-refractivity contribution < 1.29 is 12.8 Å². The second-order valence-electron chi connectivity index (χ2n) is 4.86. The van der Waals surface area contributed by atoms with Crippen molar-refractivity contribution in [3.63, 3.8) is 0 Å². The molecule has 1 aliphatic heterocycles. The van der Waals surface area contributed by atoms with Crippen molar-refractivity contribution >= 4 is 42.5 Å². The van der Waals surface area contributed by atoms with E-state index in [-0.39, 0.29) is 10.7 Å². The molecule has 0 spiro atoms. The molecular weight excluding hydrogens is 385 g/mol. The van der Waals surface area contributed by atoms with Gasteiger partial charge in [0.1, 0.15) is 22.4 Å². The van der Waals surface area contributed by atoms with Crippen LogP contribution in [0.5, 0.6) is 0 Å². The number of hydrogen-bond donors (Lipinski definition) is 1. The van der Waals surface area contributed by atoms with Crippen LogP contribution in [-0.2, 0) is 10.0 Å². The Hall–Kier alpha value is -2.06. The standard InChI is InChI=1S/C15H11BrFN3O2S/c1-9-14(10-2-5-12(17)6-3-10)23(21,22)20-15(9)19-13-7-4-11(16)8-18-13/h2-8H,1H3,(H,18,19,20). The summed E-state index contributed by atoms with van der Waals surface area (Å²) in [6, 6.07) is 8.74. The van der Waals surface area contributed by atoms with Crippen molar-refractivity contribution in [1.82, 2.24) is 4.98 Å². The van der Waals surface area contributed by atoms with Crippen LogP contribution in [0, 0.1) is 5.82 Å². The molecule has 3 rings (SSSR count). The van der Waals surface area contributed by atoms with E-state index in [1.54, 1.807) is 25.3 Å². The topological polar surface area (TPSA) is 71.4 Å². The molecule has 23 heavy (non-hydrogen) atoms. The number of hydrogen-bond acceptors (Lipinski definition) is 4. The van der Waals surface area contributed by atoms with Crippen LogP contribution < -0.4 is 5.32 Å². The molecule has 0 saturated carbocycles. The summed E-state index contributed by atoms with van der Waals surface area (Å²) in [6.07, 6.45) is 1.59. The lowest BCUT2D eigenvalue weighted by molar-refractivity contribution is 0.608. The molecule has 5 nitrogen and oxygen atoms in total. The van der Waals surface area contributed by atoms with Crippen molar-refractivity contribution in [3.05, 3.63) is 64.0 Å². The predicted molar refractivity (Wildman–Crippen MR) is 90.9 cm³/mol. The van der Waals surface area contributed by atoms with Crippen LogP contribution >= 0.6 is 15.9 Å². The third-order valence-electron chi connectivity index (χ3n) is 3.25. The lowest BCUT2D eigenvalue weighted by atomic mass is 10.1. The highest BCUT2D eigenvalue weighted by atomic mass is 79.9. The first-order valence-electron chi connectivity index (χ1n) is 6.57. The molecule has 1 aliphatic rings. The number of amidine groups is 1. The average Bonchev–Trinajstić information content (AvgIpc) is 2.72. The Kier molecular flexibility index (Phi) is 4.03. The average molecular weight is 396 g/mol. The molecule has 2 aromatic rings. The third kappa shape index (κ3) is 3.18. The molecule has 118 valence electrons. The maximum absolute atomic E-state index is 13.0. The monoisotopic (exact) mass is 395 g/mol. The Balaban J connectivity index is 1.99. The Morgan fingerprint density at radius 2 is 1.83 bits per heavy atom. The number of halogens is 2. The van der Waals surface area contributed by atoms with Gasteiger partial charge < -0.3 is 5.32 Å². The second-order valence-corrected chi connectivity index (χ2v) is 7.32. The minimum Gasteiger partial charge on any atom is -0.324 e. The van der Waals surface area contributed by atoms with Crippen molar-refractivity contribution in [2.75, 3.05) is 5.32 Å². The molecule has 0 unspecified atom stereocenters. The van der Waals surface area contributed by atoms with Crippen molar-refractivity contribution in [3.8, 4) is 0 Å². The fourth-order valence-corrected chi connectivity index (χ4v) is 3.86. The van der Waals surface area contributed by atoms with E-state index in [9.17, 15) is 12.8 Å². The number of anilines is 1. The highest BCUT2D eigenvalue weighted by Crippen LogP contribution is 2.32. The number of aromatic nitrogens is 1. The van der Waals surface area contributed by atoms with Crippen LogP contribution in [0.2, 0.25) is 0 Å². The molecule has 1 N–H and O–H groups in total. The summed E-state index contributed by atoms with van der Waals surface area (Å²) in [5.74, 6) is 0.252. The number of rotatable bonds is 2. The Bertz CT molecular complexity index is 920. The molecular formula is C15H11BrFN3O2S. The van der Waals surface area contributed by atoms with Crippen LogP contribution in [0.25, 0.3) is 4.91 Å². The summed E-state index contributed by atoms with van der Waals surface area (Å²) < 4.78 is 42.2. The zero-order valence-electron chi connectivity index (χ0n) is 11.9. The van der Waals surface area contributed by atoms with E-state index in [0.717, 1.165) is 4.47 Å². The number of sulfonamides is 1. The van der Waals surface area contributed by atoms with Gasteiger partial charge in [0.05, 0.1) is 0 Å². The van der Waals surface area contributed by atoms with E-state index in [0.29, 0.717) is 17.0 Å². The molecule has 0 radical (unpaired) electrons. The SMILES string of the molecule is CC1=C(c2ccc(F)cc2)S(=O)(=O)N=C1Nc1ccc(Br)cn1. The van der Waals surface area contributed by atoms with Gasteiger partial charge in [-0.05, 0) is 52.7 Å². The van der Waals surface area contributed by atoms with E-state index < -0.39 is 15.8 Å². The number of pyridine rings is 1. The molecule has 1 aromatic carbocycles. The van der Waals surface area contributed by atoms with Crippen LogP contribution in [0.4, 0.5) is 10.2 Å². The van der Waals surface area contributed by atoms with Gasteiger partial charge in [0.25, 0.3) is 10.0 Å².